The van der Waals surface area contributed by atoms with Crippen LogP contribution in [-0.4, -0.2) is 42.1 Å². The van der Waals surface area contributed by atoms with Crippen LogP contribution in [0.25, 0.3) is 0 Å². The van der Waals surface area contributed by atoms with Crippen molar-refractivity contribution in [3.05, 3.63) is 12.3 Å². The van der Waals surface area contributed by atoms with E-state index in [1.807, 2.05) is 6.92 Å². The molecule has 0 aromatic carbocycles. The van der Waals surface area contributed by atoms with Crippen molar-refractivity contribution in [1.82, 2.24) is 14.1 Å². The number of hydrogen-bond acceptors (Lipinski definition) is 4. The second-order valence-corrected chi connectivity index (χ2v) is 6.48. The van der Waals surface area contributed by atoms with E-state index >= 15 is 0 Å². The molecule has 1 atom stereocenters. The minimum Gasteiger partial charge on any atom is -0.330 e. The zero-order valence-electron chi connectivity index (χ0n) is 10.6. The number of hydrogen-bond donors (Lipinski definition) is 1. The van der Waals surface area contributed by atoms with Gasteiger partial charge in [-0.2, -0.15) is 9.40 Å². The van der Waals surface area contributed by atoms with Gasteiger partial charge in [-0.3, -0.25) is 4.68 Å². The van der Waals surface area contributed by atoms with Gasteiger partial charge in [0.15, 0.2) is 5.03 Å². The summed E-state index contributed by atoms with van der Waals surface area (Å²) < 4.78 is 28.1. The summed E-state index contributed by atoms with van der Waals surface area (Å²) in [5.41, 5.74) is 5.64. The van der Waals surface area contributed by atoms with Gasteiger partial charge in [0.2, 0.25) is 0 Å². The highest BCUT2D eigenvalue weighted by Crippen LogP contribution is 2.22. The number of sulfonamides is 1. The summed E-state index contributed by atoms with van der Waals surface area (Å²) in [4.78, 5) is 0. The van der Waals surface area contributed by atoms with Gasteiger partial charge in [0.25, 0.3) is 10.0 Å². The molecule has 1 aromatic heterocycles. The van der Waals surface area contributed by atoms with E-state index in [0.717, 1.165) is 12.8 Å². The normalized spacial score (nSPS) is 22.2. The molecule has 1 aromatic rings. The maximum Gasteiger partial charge on any atom is 0.260 e. The van der Waals surface area contributed by atoms with Gasteiger partial charge in [0.05, 0.1) is 6.20 Å². The van der Waals surface area contributed by atoms with Crippen LogP contribution in [0.2, 0.25) is 0 Å². The first-order chi connectivity index (χ1) is 8.59. The number of nitrogens with zero attached hydrogens (tertiary/aromatic N) is 3. The minimum absolute atomic E-state index is 0.270. The molecule has 1 aliphatic rings. The first-order valence-electron chi connectivity index (χ1n) is 6.31. The molecule has 18 heavy (non-hydrogen) atoms. The SMILES string of the molecule is CCn1nccc1S(=O)(=O)N1CCC[C@@H](CN)C1. The lowest BCUT2D eigenvalue weighted by Crippen LogP contribution is -2.42. The molecule has 2 rings (SSSR count). The van der Waals surface area contributed by atoms with E-state index in [-0.39, 0.29) is 10.9 Å². The third-order valence-corrected chi connectivity index (χ3v) is 5.28. The molecule has 7 heteroatoms. The van der Waals surface area contributed by atoms with Gasteiger partial charge in [-0.25, -0.2) is 8.42 Å². The van der Waals surface area contributed by atoms with E-state index in [1.54, 1.807) is 6.07 Å². The van der Waals surface area contributed by atoms with Gasteiger partial charge >= 0.3 is 0 Å². The molecule has 0 spiro atoms. The summed E-state index contributed by atoms with van der Waals surface area (Å²) >= 11 is 0. The fraction of sp³-hybridized carbons (Fsp3) is 0.727. The van der Waals surface area contributed by atoms with E-state index < -0.39 is 10.0 Å². The molecule has 0 aliphatic carbocycles. The highest BCUT2D eigenvalue weighted by Gasteiger charge is 2.31. The molecular weight excluding hydrogens is 252 g/mol. The maximum atomic E-state index is 12.5. The quantitative estimate of drug-likeness (QED) is 0.852. The second kappa shape index (κ2) is 5.38. The van der Waals surface area contributed by atoms with Crippen LogP contribution < -0.4 is 5.73 Å². The van der Waals surface area contributed by atoms with Crippen LogP contribution in [0.15, 0.2) is 17.3 Å². The predicted octanol–water partition coefficient (Wildman–Crippen LogP) is 0.262. The Kier molecular flexibility index (Phi) is 4.04. The van der Waals surface area contributed by atoms with Crippen molar-refractivity contribution in [2.24, 2.45) is 11.7 Å². The van der Waals surface area contributed by atoms with Crippen LogP contribution in [-0.2, 0) is 16.6 Å². The molecule has 1 aliphatic heterocycles. The zero-order valence-corrected chi connectivity index (χ0v) is 11.4. The Labute approximate surface area is 108 Å². The molecule has 6 nitrogen and oxygen atoms in total. The molecular formula is C11H20N4O2S. The summed E-state index contributed by atoms with van der Waals surface area (Å²) in [7, 11) is -3.43. The fourth-order valence-corrected chi connectivity index (χ4v) is 4.06. The number of aromatic nitrogens is 2. The molecule has 0 amide bonds. The topological polar surface area (TPSA) is 81.2 Å². The summed E-state index contributed by atoms with van der Waals surface area (Å²) in [6, 6.07) is 1.56. The third kappa shape index (κ3) is 2.43. The smallest absolute Gasteiger partial charge is 0.260 e. The van der Waals surface area contributed by atoms with E-state index in [9.17, 15) is 8.42 Å². The van der Waals surface area contributed by atoms with Crippen LogP contribution >= 0.6 is 0 Å². The first-order valence-corrected chi connectivity index (χ1v) is 7.75. The fourth-order valence-electron chi connectivity index (χ4n) is 2.35. The average molecular weight is 272 g/mol. The van der Waals surface area contributed by atoms with E-state index in [2.05, 4.69) is 5.10 Å². The molecule has 0 saturated carbocycles. The van der Waals surface area contributed by atoms with Gasteiger partial charge in [0, 0.05) is 19.6 Å². The van der Waals surface area contributed by atoms with E-state index in [4.69, 9.17) is 5.73 Å². The lowest BCUT2D eigenvalue weighted by Gasteiger charge is -2.31. The molecule has 1 fully saturated rings. The van der Waals surface area contributed by atoms with Crippen molar-refractivity contribution in [3.63, 3.8) is 0 Å². The molecule has 0 radical (unpaired) electrons. The zero-order chi connectivity index (χ0) is 13.2. The summed E-state index contributed by atoms with van der Waals surface area (Å²) in [5.74, 6) is 0.270. The number of rotatable bonds is 4. The lowest BCUT2D eigenvalue weighted by molar-refractivity contribution is 0.269. The van der Waals surface area contributed by atoms with Crippen molar-refractivity contribution in [1.29, 1.82) is 0 Å². The van der Waals surface area contributed by atoms with E-state index in [1.165, 1.54) is 15.2 Å². The van der Waals surface area contributed by atoms with Crippen LogP contribution in [0.1, 0.15) is 19.8 Å². The minimum atomic E-state index is -3.43. The lowest BCUT2D eigenvalue weighted by atomic mass is 10.0. The molecule has 102 valence electrons. The monoisotopic (exact) mass is 272 g/mol. The Hall–Kier alpha value is -0.920. The number of nitrogens with two attached hydrogens (primary N) is 1. The van der Waals surface area contributed by atoms with Gasteiger partial charge in [0.1, 0.15) is 0 Å². The van der Waals surface area contributed by atoms with E-state index in [0.29, 0.717) is 26.2 Å². The molecule has 0 unspecified atom stereocenters. The van der Waals surface area contributed by atoms with Gasteiger partial charge in [-0.05, 0) is 38.3 Å². The van der Waals surface area contributed by atoms with Crippen LogP contribution in [0, 0.1) is 5.92 Å². The summed E-state index contributed by atoms with van der Waals surface area (Å²) in [5, 5.41) is 4.30. The van der Waals surface area contributed by atoms with Crippen molar-refractivity contribution >= 4 is 10.0 Å². The van der Waals surface area contributed by atoms with Gasteiger partial charge < -0.3 is 5.73 Å². The Bertz CT molecular complexity index is 497. The largest absolute Gasteiger partial charge is 0.330 e. The molecule has 1 saturated heterocycles. The summed E-state index contributed by atoms with van der Waals surface area (Å²) in [6.45, 7) is 4.07. The Morgan fingerprint density at radius 1 is 1.56 bits per heavy atom. The van der Waals surface area contributed by atoms with Crippen LogP contribution in [0.4, 0.5) is 0 Å². The summed E-state index contributed by atoms with van der Waals surface area (Å²) in [6.07, 6.45) is 3.41. The standard InChI is InChI=1S/C11H20N4O2S/c1-2-15-11(5-6-13-15)18(16,17)14-7-3-4-10(8-12)9-14/h5-6,10H,2-4,7-9,12H2,1H3/t10-/m0/s1. The van der Waals surface area contributed by atoms with Gasteiger partial charge in [-0.15, -0.1) is 0 Å². The highest BCUT2D eigenvalue weighted by atomic mass is 32.2. The van der Waals surface area contributed by atoms with Crippen molar-refractivity contribution in [3.8, 4) is 0 Å². The Morgan fingerprint density at radius 3 is 3.00 bits per heavy atom. The second-order valence-electron chi connectivity index (χ2n) is 4.59. The van der Waals surface area contributed by atoms with Crippen LogP contribution in [0.3, 0.4) is 0 Å². The average Bonchev–Trinajstić information content (AvgIpc) is 2.88. The molecule has 2 N–H and O–H groups in total. The number of piperidine rings is 1. The highest BCUT2D eigenvalue weighted by molar-refractivity contribution is 7.89. The number of aryl methyl sites for hydroxylation is 1. The van der Waals surface area contributed by atoms with Crippen molar-refractivity contribution < 1.29 is 8.42 Å². The molecule has 0 bridgehead atoms. The van der Waals surface area contributed by atoms with Crippen molar-refractivity contribution in [2.75, 3.05) is 19.6 Å². The van der Waals surface area contributed by atoms with Crippen LogP contribution in [0.5, 0.6) is 0 Å². The maximum absolute atomic E-state index is 12.5. The van der Waals surface area contributed by atoms with Crippen molar-refractivity contribution in [2.45, 2.75) is 31.3 Å². The molecule has 2 heterocycles. The predicted molar refractivity (Wildman–Crippen MR) is 68.4 cm³/mol. The Morgan fingerprint density at radius 2 is 2.33 bits per heavy atom. The third-order valence-electron chi connectivity index (χ3n) is 3.40. The van der Waals surface area contributed by atoms with Gasteiger partial charge in [-0.1, -0.05) is 0 Å². The first kappa shape index (κ1) is 13.5. The Balaban J connectivity index is 2.25.